The first-order chi connectivity index (χ1) is 17.9. The number of aryl methyl sites for hydroxylation is 1. The van der Waals surface area contributed by atoms with E-state index < -0.39 is 63.9 Å². The number of hydrogen-bond donors (Lipinski definition) is 5. The quantitative estimate of drug-likeness (QED) is 0.304. The molecule has 0 spiro atoms. The molecule has 3 aromatic rings. The highest BCUT2D eigenvalue weighted by Gasteiger charge is 2.26. The Balaban J connectivity index is 0.000000279. The summed E-state index contributed by atoms with van der Waals surface area (Å²) in [6, 6.07) is 2.53. The highest BCUT2D eigenvalue weighted by Crippen LogP contribution is 2.35. The number of aromatic nitrogens is 1. The van der Waals surface area contributed by atoms with Crippen LogP contribution < -0.4 is 10.3 Å². The van der Waals surface area contributed by atoms with Crippen LogP contribution in [0.25, 0.3) is 10.9 Å². The van der Waals surface area contributed by atoms with Gasteiger partial charge in [0.1, 0.15) is 23.7 Å². The first-order valence-corrected chi connectivity index (χ1v) is 11.1. The van der Waals surface area contributed by atoms with Gasteiger partial charge in [-0.1, -0.05) is 0 Å². The number of phenols is 3. The number of piperazine rings is 1. The number of pyridine rings is 1. The molecule has 4 rings (SSSR count). The lowest BCUT2D eigenvalue weighted by molar-refractivity contribution is 0.0684. The van der Waals surface area contributed by atoms with E-state index >= 15 is 4.39 Å². The molecule has 38 heavy (non-hydrogen) atoms. The van der Waals surface area contributed by atoms with Crippen LogP contribution in [-0.2, 0) is 6.54 Å². The monoisotopic (exact) mass is 539 g/mol. The summed E-state index contributed by atoms with van der Waals surface area (Å²) in [5, 5.41) is 43.7. The number of halogens is 3. The molecule has 11 nitrogen and oxygen atoms in total. The van der Waals surface area contributed by atoms with Crippen LogP contribution in [-0.4, -0.2) is 86.8 Å². The lowest BCUT2D eigenvalue weighted by atomic mass is 10.1. The van der Waals surface area contributed by atoms with Crippen molar-refractivity contribution in [3.63, 3.8) is 0 Å². The molecule has 5 N–H and O–H groups in total. The van der Waals surface area contributed by atoms with Gasteiger partial charge >= 0.3 is 11.9 Å². The molecule has 1 aliphatic heterocycles. The van der Waals surface area contributed by atoms with E-state index in [9.17, 15) is 23.2 Å². The molecule has 0 saturated carbocycles. The van der Waals surface area contributed by atoms with E-state index in [0.29, 0.717) is 26.2 Å². The van der Waals surface area contributed by atoms with E-state index in [2.05, 4.69) is 0 Å². The van der Waals surface area contributed by atoms with E-state index in [1.807, 2.05) is 11.9 Å². The van der Waals surface area contributed by atoms with Crippen molar-refractivity contribution in [3.05, 3.63) is 57.4 Å². The van der Waals surface area contributed by atoms with Crippen molar-refractivity contribution in [1.82, 2.24) is 9.47 Å². The number of aromatic hydroxyl groups is 3. The van der Waals surface area contributed by atoms with Crippen LogP contribution in [0.15, 0.2) is 29.2 Å². The Morgan fingerprint density at radius 2 is 1.53 bits per heavy atom. The van der Waals surface area contributed by atoms with Gasteiger partial charge in [-0.05, 0) is 25.2 Å². The molecule has 2 heterocycles. The second-order valence-electron chi connectivity index (χ2n) is 8.44. The number of aromatic carboxylic acids is 2. The summed E-state index contributed by atoms with van der Waals surface area (Å²) in [6.45, 7) is 0.796. The standard InChI is InChI=1S/C17H18F3N3O3.C7H6O5/c1-21-4-6-22(7-5-21)15-12(19)8-10-14(13(15)20)23(3-2-18)9-11(16(10)24)17(25)26;8-4-1-3(7(11)12)2-5(9)6(4)10/h8-9H,2-7H2,1H3,(H,25,26);1-2,8-10H,(H,11,12). The van der Waals surface area contributed by atoms with Gasteiger partial charge in [0.2, 0.25) is 5.43 Å². The van der Waals surface area contributed by atoms with Gasteiger partial charge in [0.05, 0.1) is 23.0 Å². The fourth-order valence-electron chi connectivity index (χ4n) is 3.94. The molecule has 0 amide bonds. The Bertz CT molecular complexity index is 1430. The molecule has 2 aromatic carbocycles. The number of nitrogens with zero attached hydrogens (tertiary/aromatic N) is 3. The summed E-state index contributed by atoms with van der Waals surface area (Å²) in [5.74, 6) is -6.79. The lowest BCUT2D eigenvalue weighted by Crippen LogP contribution is -2.45. The largest absolute Gasteiger partial charge is 0.504 e. The maximum Gasteiger partial charge on any atom is 0.341 e. The molecule has 1 aromatic heterocycles. The number of likely N-dealkylation sites (N-methyl/N-ethyl adjacent to an activating group) is 1. The van der Waals surface area contributed by atoms with Gasteiger partial charge in [-0.15, -0.1) is 0 Å². The van der Waals surface area contributed by atoms with Crippen LogP contribution in [0.4, 0.5) is 18.9 Å². The maximum absolute atomic E-state index is 15.2. The summed E-state index contributed by atoms with van der Waals surface area (Å²) in [5.41, 5.74) is -2.50. The maximum atomic E-state index is 15.2. The molecular formula is C24H24F3N3O8. The molecule has 0 bridgehead atoms. The Labute approximate surface area is 212 Å². The van der Waals surface area contributed by atoms with Crippen LogP contribution in [0.3, 0.4) is 0 Å². The molecular weight excluding hydrogens is 515 g/mol. The van der Waals surface area contributed by atoms with Crippen LogP contribution in [0.1, 0.15) is 20.7 Å². The third-order valence-corrected chi connectivity index (χ3v) is 5.92. The molecule has 1 fully saturated rings. The fraction of sp³-hybridized carbons (Fsp3) is 0.292. The average Bonchev–Trinajstić information content (AvgIpc) is 2.85. The second kappa shape index (κ2) is 11.3. The lowest BCUT2D eigenvalue weighted by Gasteiger charge is -2.34. The number of carboxylic acid groups (broad SMARTS) is 2. The van der Waals surface area contributed by atoms with Crippen molar-refractivity contribution in [2.45, 2.75) is 6.54 Å². The Kier molecular flexibility index (Phi) is 8.36. The third-order valence-electron chi connectivity index (χ3n) is 5.92. The first kappa shape index (κ1) is 28.1. The number of hydrogen-bond acceptors (Lipinski definition) is 8. The van der Waals surface area contributed by atoms with Gasteiger partial charge in [0.25, 0.3) is 0 Å². The number of anilines is 1. The Hall–Kier alpha value is -4.46. The highest BCUT2D eigenvalue weighted by atomic mass is 19.1. The topological polar surface area (TPSA) is 164 Å². The predicted molar refractivity (Wildman–Crippen MR) is 129 cm³/mol. The number of benzene rings is 2. The van der Waals surface area contributed by atoms with Crippen molar-refractivity contribution in [3.8, 4) is 17.2 Å². The zero-order chi connectivity index (χ0) is 28.3. The van der Waals surface area contributed by atoms with E-state index in [1.54, 1.807) is 4.90 Å². The number of alkyl halides is 1. The van der Waals surface area contributed by atoms with Gasteiger partial charge in [-0.2, -0.15) is 0 Å². The molecule has 204 valence electrons. The summed E-state index contributed by atoms with van der Waals surface area (Å²) in [6.07, 6.45) is 0.904. The van der Waals surface area contributed by atoms with Crippen molar-refractivity contribution in [1.29, 1.82) is 0 Å². The van der Waals surface area contributed by atoms with E-state index in [1.165, 1.54) is 0 Å². The Morgan fingerprint density at radius 1 is 0.947 bits per heavy atom. The minimum Gasteiger partial charge on any atom is -0.504 e. The summed E-state index contributed by atoms with van der Waals surface area (Å²) in [4.78, 5) is 37.4. The molecule has 14 heteroatoms. The molecule has 1 aliphatic rings. The van der Waals surface area contributed by atoms with Crippen molar-refractivity contribution in [2.75, 3.05) is 44.8 Å². The number of carbonyl (C=O) groups is 2. The van der Waals surface area contributed by atoms with E-state index in [0.717, 1.165) is 29.0 Å². The highest BCUT2D eigenvalue weighted by molar-refractivity contribution is 5.94. The SMILES string of the molecule is CN1CCN(c2c(F)cc3c(=O)c(C(=O)O)cn(CCF)c3c2F)CC1.O=C(O)c1cc(O)c(O)c(O)c1. The van der Waals surface area contributed by atoms with Gasteiger partial charge in [0.15, 0.2) is 23.1 Å². The zero-order valence-corrected chi connectivity index (χ0v) is 20.0. The van der Waals surface area contributed by atoms with Crippen molar-refractivity contribution >= 4 is 28.5 Å². The molecule has 0 atom stereocenters. The first-order valence-electron chi connectivity index (χ1n) is 11.1. The zero-order valence-electron chi connectivity index (χ0n) is 20.0. The minimum atomic E-state index is -1.53. The number of carboxylic acids is 2. The van der Waals surface area contributed by atoms with Crippen LogP contribution in [0.5, 0.6) is 17.2 Å². The van der Waals surface area contributed by atoms with E-state index in [-0.39, 0.29) is 23.3 Å². The van der Waals surface area contributed by atoms with Gasteiger partial charge in [-0.3, -0.25) is 4.79 Å². The Morgan fingerprint density at radius 3 is 2.03 bits per heavy atom. The van der Waals surface area contributed by atoms with Gasteiger partial charge in [0, 0.05) is 32.4 Å². The van der Waals surface area contributed by atoms with Gasteiger partial charge < -0.3 is 39.9 Å². The summed E-state index contributed by atoms with van der Waals surface area (Å²) < 4.78 is 43.7. The minimum absolute atomic E-state index is 0.277. The van der Waals surface area contributed by atoms with Crippen LogP contribution in [0.2, 0.25) is 0 Å². The second-order valence-corrected chi connectivity index (χ2v) is 8.44. The van der Waals surface area contributed by atoms with Crippen LogP contribution in [0, 0.1) is 11.6 Å². The average molecular weight is 539 g/mol. The molecule has 0 aliphatic carbocycles. The molecule has 1 saturated heterocycles. The van der Waals surface area contributed by atoms with Crippen LogP contribution >= 0.6 is 0 Å². The summed E-state index contributed by atoms with van der Waals surface area (Å²) >= 11 is 0. The third kappa shape index (κ3) is 5.59. The molecule has 0 unspecified atom stereocenters. The summed E-state index contributed by atoms with van der Waals surface area (Å²) in [7, 11) is 1.90. The normalized spacial score (nSPS) is 13.7. The van der Waals surface area contributed by atoms with Crippen molar-refractivity contribution in [2.24, 2.45) is 0 Å². The number of rotatable bonds is 5. The fourth-order valence-corrected chi connectivity index (χ4v) is 3.94. The van der Waals surface area contributed by atoms with Gasteiger partial charge in [-0.25, -0.2) is 22.8 Å². The predicted octanol–water partition coefficient (Wildman–Crippen LogP) is 2.20. The van der Waals surface area contributed by atoms with Crippen molar-refractivity contribution < 1.29 is 48.3 Å². The number of phenolic OH excluding ortho intramolecular Hbond substituents is 3. The molecule has 0 radical (unpaired) electrons. The van der Waals surface area contributed by atoms with E-state index in [4.69, 9.17) is 25.5 Å². The smallest absolute Gasteiger partial charge is 0.341 e. The number of fused-ring (bicyclic) bond motifs is 1.